The van der Waals surface area contributed by atoms with E-state index in [0.717, 1.165) is 0 Å². The fourth-order valence-corrected chi connectivity index (χ4v) is 1.70. The zero-order chi connectivity index (χ0) is 16.1. The highest BCUT2D eigenvalue weighted by atomic mass is 16.5. The monoisotopic (exact) mass is 309 g/mol. The molecule has 1 amide bonds. The minimum Gasteiger partial charge on any atom is -0.476 e. The van der Waals surface area contributed by atoms with E-state index in [9.17, 15) is 9.59 Å². The molecule has 0 aliphatic heterocycles. The number of hydrogen-bond donors (Lipinski definition) is 2. The van der Waals surface area contributed by atoms with Crippen molar-refractivity contribution in [3.63, 3.8) is 0 Å². The van der Waals surface area contributed by atoms with Crippen LogP contribution in [0.25, 0.3) is 0 Å². The number of carboxylic acid groups (broad SMARTS) is 1. The predicted octanol–water partition coefficient (Wildman–Crippen LogP) is -0.839. The molecule has 2 N–H and O–H groups in total. The summed E-state index contributed by atoms with van der Waals surface area (Å²) in [6, 6.07) is 1.39. The van der Waals surface area contributed by atoms with Gasteiger partial charge in [-0.3, -0.25) is 14.8 Å². The predicted molar refractivity (Wildman–Crippen MR) is 72.2 cm³/mol. The number of amides is 1. The highest BCUT2D eigenvalue weighted by Crippen LogP contribution is 2.05. The van der Waals surface area contributed by atoms with Gasteiger partial charge in [0.1, 0.15) is 6.54 Å². The lowest BCUT2D eigenvalue weighted by molar-refractivity contribution is -0.117. The van der Waals surface area contributed by atoms with Gasteiger partial charge in [0, 0.05) is 12.8 Å². The lowest BCUT2D eigenvalue weighted by Crippen LogP contribution is -2.23. The second-order valence-electron chi connectivity index (χ2n) is 4.40. The molecule has 0 bridgehead atoms. The molecule has 0 unspecified atom stereocenters. The molecule has 2 rings (SSSR count). The summed E-state index contributed by atoms with van der Waals surface area (Å²) < 4.78 is 7.60. The van der Waals surface area contributed by atoms with Crippen LogP contribution in [-0.4, -0.2) is 60.7 Å². The van der Waals surface area contributed by atoms with E-state index in [1.165, 1.54) is 15.4 Å². The second-order valence-corrected chi connectivity index (χ2v) is 4.40. The molecular formula is C11H15N7O4. The SMILES string of the molecule is COCCn1nnnc1NC(=O)Cn1nc(C(=O)O)cc1C. The molecule has 0 aliphatic rings. The number of aromatic carboxylic acids is 1. The van der Waals surface area contributed by atoms with E-state index in [4.69, 9.17) is 9.84 Å². The Balaban J connectivity index is 2.01. The fraction of sp³-hybridized carbons (Fsp3) is 0.455. The lowest BCUT2D eigenvalue weighted by Gasteiger charge is -2.06. The van der Waals surface area contributed by atoms with Crippen LogP contribution in [0.2, 0.25) is 0 Å². The number of methoxy groups -OCH3 is 1. The van der Waals surface area contributed by atoms with Gasteiger partial charge >= 0.3 is 5.97 Å². The van der Waals surface area contributed by atoms with Gasteiger partial charge in [0.2, 0.25) is 11.9 Å². The average molecular weight is 309 g/mol. The molecule has 0 aromatic carbocycles. The first-order chi connectivity index (χ1) is 10.5. The molecule has 118 valence electrons. The quantitative estimate of drug-likeness (QED) is 0.675. The van der Waals surface area contributed by atoms with Crippen LogP contribution in [-0.2, 0) is 22.6 Å². The molecule has 2 aromatic heterocycles. The molecule has 0 saturated heterocycles. The van der Waals surface area contributed by atoms with Crippen molar-refractivity contribution in [3.8, 4) is 0 Å². The summed E-state index contributed by atoms with van der Waals surface area (Å²) in [7, 11) is 1.54. The zero-order valence-corrected chi connectivity index (χ0v) is 12.1. The van der Waals surface area contributed by atoms with Gasteiger partial charge in [-0.15, -0.1) is 0 Å². The summed E-state index contributed by atoms with van der Waals surface area (Å²) in [5, 5.41) is 26.1. The van der Waals surface area contributed by atoms with Crippen LogP contribution in [0.3, 0.4) is 0 Å². The largest absolute Gasteiger partial charge is 0.476 e. The number of rotatable bonds is 7. The van der Waals surface area contributed by atoms with Crippen molar-refractivity contribution in [1.82, 2.24) is 30.0 Å². The number of nitrogens with one attached hydrogen (secondary N) is 1. The number of tetrazole rings is 1. The maximum Gasteiger partial charge on any atom is 0.356 e. The van der Waals surface area contributed by atoms with Crippen LogP contribution in [0.5, 0.6) is 0 Å². The fourth-order valence-electron chi connectivity index (χ4n) is 1.70. The third-order valence-corrected chi connectivity index (χ3v) is 2.78. The highest BCUT2D eigenvalue weighted by molar-refractivity contribution is 5.89. The number of carbonyl (C=O) groups is 2. The van der Waals surface area contributed by atoms with Gasteiger partial charge in [-0.05, 0) is 23.4 Å². The first-order valence-corrected chi connectivity index (χ1v) is 6.34. The van der Waals surface area contributed by atoms with Crippen molar-refractivity contribution < 1.29 is 19.4 Å². The Hall–Kier alpha value is -2.82. The number of aromatic nitrogens is 6. The van der Waals surface area contributed by atoms with Gasteiger partial charge in [-0.1, -0.05) is 5.10 Å². The molecule has 0 radical (unpaired) electrons. The molecule has 22 heavy (non-hydrogen) atoms. The van der Waals surface area contributed by atoms with Crippen LogP contribution >= 0.6 is 0 Å². The van der Waals surface area contributed by atoms with E-state index >= 15 is 0 Å². The number of nitrogens with zero attached hydrogens (tertiary/aromatic N) is 6. The molecule has 11 heteroatoms. The maximum absolute atomic E-state index is 12.0. The number of anilines is 1. The number of ether oxygens (including phenoxy) is 1. The van der Waals surface area contributed by atoms with Crippen molar-refractivity contribution in [2.75, 3.05) is 19.0 Å². The Morgan fingerprint density at radius 3 is 2.82 bits per heavy atom. The van der Waals surface area contributed by atoms with Crippen molar-refractivity contribution in [2.45, 2.75) is 20.0 Å². The minimum absolute atomic E-state index is 0.116. The molecule has 0 fully saturated rings. The molecule has 2 heterocycles. The standard InChI is InChI=1S/C11H15N7O4/c1-7-5-8(10(20)21)14-18(7)6-9(19)12-11-13-15-16-17(11)3-4-22-2/h5H,3-4,6H2,1-2H3,(H,20,21)(H,12,13,16,19). The molecule has 0 saturated carbocycles. The van der Waals surface area contributed by atoms with Gasteiger partial charge in [-0.25, -0.2) is 9.48 Å². The van der Waals surface area contributed by atoms with Gasteiger partial charge < -0.3 is 9.84 Å². The van der Waals surface area contributed by atoms with Crippen LogP contribution in [0, 0.1) is 6.92 Å². The van der Waals surface area contributed by atoms with Crippen molar-refractivity contribution in [2.24, 2.45) is 0 Å². The Morgan fingerprint density at radius 1 is 1.41 bits per heavy atom. The third-order valence-electron chi connectivity index (χ3n) is 2.78. The van der Waals surface area contributed by atoms with Crippen LogP contribution in [0.1, 0.15) is 16.2 Å². The number of hydrogen-bond acceptors (Lipinski definition) is 7. The first kappa shape index (κ1) is 15.6. The second kappa shape index (κ2) is 6.76. The molecule has 2 aromatic rings. The van der Waals surface area contributed by atoms with Gasteiger partial charge in [0.25, 0.3) is 0 Å². The van der Waals surface area contributed by atoms with Crippen LogP contribution in [0.15, 0.2) is 6.07 Å². The average Bonchev–Trinajstić information content (AvgIpc) is 3.04. The Labute approximate surface area is 124 Å². The number of carbonyl (C=O) groups excluding carboxylic acids is 1. The molecule has 0 aliphatic carbocycles. The summed E-state index contributed by atoms with van der Waals surface area (Å²) in [5.74, 6) is -1.38. The topological polar surface area (TPSA) is 137 Å². The summed E-state index contributed by atoms with van der Waals surface area (Å²) >= 11 is 0. The Bertz CT molecular complexity index is 678. The molecule has 0 atom stereocenters. The van der Waals surface area contributed by atoms with E-state index < -0.39 is 11.9 Å². The van der Waals surface area contributed by atoms with E-state index in [1.54, 1.807) is 14.0 Å². The number of carboxylic acids is 1. The van der Waals surface area contributed by atoms with Gasteiger partial charge in [-0.2, -0.15) is 5.10 Å². The summed E-state index contributed by atoms with van der Waals surface area (Å²) in [6.07, 6.45) is 0. The minimum atomic E-state index is -1.15. The summed E-state index contributed by atoms with van der Waals surface area (Å²) in [5.41, 5.74) is 0.446. The maximum atomic E-state index is 12.0. The summed E-state index contributed by atoms with van der Waals surface area (Å²) in [6.45, 7) is 2.31. The molecule has 11 nitrogen and oxygen atoms in total. The van der Waals surface area contributed by atoms with E-state index in [2.05, 4.69) is 25.9 Å². The lowest BCUT2D eigenvalue weighted by atomic mass is 10.4. The van der Waals surface area contributed by atoms with Crippen LogP contribution in [0.4, 0.5) is 5.95 Å². The summed E-state index contributed by atoms with van der Waals surface area (Å²) in [4.78, 5) is 22.8. The van der Waals surface area contributed by atoms with Crippen molar-refractivity contribution >= 4 is 17.8 Å². The van der Waals surface area contributed by atoms with E-state index in [-0.39, 0.29) is 18.2 Å². The molecular weight excluding hydrogens is 294 g/mol. The Kier molecular flexibility index (Phi) is 4.78. The Morgan fingerprint density at radius 2 is 2.18 bits per heavy atom. The van der Waals surface area contributed by atoms with E-state index in [0.29, 0.717) is 18.8 Å². The zero-order valence-electron chi connectivity index (χ0n) is 12.1. The van der Waals surface area contributed by atoms with Gasteiger partial charge in [0.15, 0.2) is 5.69 Å². The molecule has 0 spiro atoms. The third kappa shape index (κ3) is 3.63. The van der Waals surface area contributed by atoms with Crippen molar-refractivity contribution in [3.05, 3.63) is 17.5 Å². The van der Waals surface area contributed by atoms with Gasteiger partial charge in [0.05, 0.1) is 13.2 Å². The van der Waals surface area contributed by atoms with Crippen molar-refractivity contribution in [1.29, 1.82) is 0 Å². The van der Waals surface area contributed by atoms with E-state index in [1.807, 2.05) is 0 Å². The smallest absolute Gasteiger partial charge is 0.356 e. The first-order valence-electron chi connectivity index (χ1n) is 6.34. The number of aryl methyl sites for hydroxylation is 1. The highest BCUT2D eigenvalue weighted by Gasteiger charge is 2.15. The van der Waals surface area contributed by atoms with Crippen LogP contribution < -0.4 is 5.32 Å². The normalized spacial score (nSPS) is 10.6.